The predicted octanol–water partition coefficient (Wildman–Crippen LogP) is 2.74. The van der Waals surface area contributed by atoms with Gasteiger partial charge in [0.2, 0.25) is 0 Å². The average molecular weight is 319 g/mol. The molecule has 2 rings (SSSR count). The number of hydrogen-bond donors (Lipinski definition) is 3. The molecule has 5 heteroatoms. The lowest BCUT2D eigenvalue weighted by Gasteiger charge is -2.13. The summed E-state index contributed by atoms with van der Waals surface area (Å²) in [4.78, 5) is 11.7. The van der Waals surface area contributed by atoms with Gasteiger partial charge in [-0.3, -0.25) is 0 Å². The highest BCUT2D eigenvalue weighted by Gasteiger charge is 2.08. The molecule has 1 unspecified atom stereocenters. The normalized spacial score (nSPS) is 11.7. The van der Waals surface area contributed by atoms with Crippen molar-refractivity contribution in [2.75, 3.05) is 6.54 Å². The molecule has 0 saturated carbocycles. The van der Waals surface area contributed by atoms with E-state index in [4.69, 9.17) is 11.6 Å². The highest BCUT2D eigenvalue weighted by atomic mass is 35.5. The minimum atomic E-state index is -0.617. The largest absolute Gasteiger partial charge is 0.391 e. The molecule has 0 aliphatic rings. The molecule has 1 atom stereocenters. The number of rotatable bonds is 6. The van der Waals surface area contributed by atoms with Crippen LogP contribution in [0.25, 0.3) is 0 Å². The molecule has 0 fully saturated rings. The molecule has 0 heterocycles. The first-order valence-electron chi connectivity index (χ1n) is 7.12. The number of aliphatic hydroxyl groups excluding tert-OH is 1. The second-order valence-corrected chi connectivity index (χ2v) is 5.41. The number of hydrogen-bond acceptors (Lipinski definition) is 2. The Hall–Kier alpha value is -2.04. The number of nitrogens with one attached hydrogen (secondary N) is 2. The van der Waals surface area contributed by atoms with Crippen molar-refractivity contribution in [3.8, 4) is 0 Å². The molecular weight excluding hydrogens is 300 g/mol. The van der Waals surface area contributed by atoms with Gasteiger partial charge in [0.05, 0.1) is 6.10 Å². The van der Waals surface area contributed by atoms with E-state index < -0.39 is 6.10 Å². The third kappa shape index (κ3) is 5.39. The summed E-state index contributed by atoms with van der Waals surface area (Å²) in [7, 11) is 0. The number of carbonyl (C=O) groups excluding carboxylic acids is 1. The first-order chi connectivity index (χ1) is 10.6. The summed E-state index contributed by atoms with van der Waals surface area (Å²) >= 11 is 6.01. The van der Waals surface area contributed by atoms with Gasteiger partial charge in [0.1, 0.15) is 0 Å². The van der Waals surface area contributed by atoms with Crippen LogP contribution >= 0.6 is 11.6 Å². The Balaban J connectivity index is 1.70. The van der Waals surface area contributed by atoms with Crippen LogP contribution in [0.2, 0.25) is 5.02 Å². The summed E-state index contributed by atoms with van der Waals surface area (Å²) in [5.74, 6) is 0. The Morgan fingerprint density at radius 3 is 2.45 bits per heavy atom. The summed E-state index contributed by atoms with van der Waals surface area (Å²) < 4.78 is 0. The molecule has 2 aromatic carbocycles. The highest BCUT2D eigenvalue weighted by molar-refractivity contribution is 6.31. The Labute approximate surface area is 135 Å². The molecule has 2 amide bonds. The van der Waals surface area contributed by atoms with Crippen molar-refractivity contribution in [1.29, 1.82) is 0 Å². The van der Waals surface area contributed by atoms with E-state index in [0.717, 1.165) is 11.1 Å². The van der Waals surface area contributed by atoms with Crippen molar-refractivity contribution < 1.29 is 9.90 Å². The van der Waals surface area contributed by atoms with Crippen molar-refractivity contribution in [3.63, 3.8) is 0 Å². The first kappa shape index (κ1) is 16.3. The van der Waals surface area contributed by atoms with Crippen molar-refractivity contribution in [2.24, 2.45) is 0 Å². The van der Waals surface area contributed by atoms with Gasteiger partial charge in [-0.1, -0.05) is 60.1 Å². The van der Waals surface area contributed by atoms with E-state index in [9.17, 15) is 9.90 Å². The molecule has 0 aliphatic carbocycles. The maximum atomic E-state index is 11.7. The van der Waals surface area contributed by atoms with Gasteiger partial charge in [-0.25, -0.2) is 4.79 Å². The summed E-state index contributed by atoms with van der Waals surface area (Å²) in [5.41, 5.74) is 1.89. The fourth-order valence-electron chi connectivity index (χ4n) is 2.05. The van der Waals surface area contributed by atoms with Gasteiger partial charge in [-0.05, 0) is 17.2 Å². The molecule has 3 N–H and O–H groups in total. The van der Waals surface area contributed by atoms with Crippen LogP contribution in [0.3, 0.4) is 0 Å². The van der Waals surface area contributed by atoms with Crippen LogP contribution in [0, 0.1) is 0 Å². The molecule has 4 nitrogen and oxygen atoms in total. The van der Waals surface area contributed by atoms with E-state index in [1.165, 1.54) is 0 Å². The summed E-state index contributed by atoms with van der Waals surface area (Å²) in [6, 6.07) is 16.7. The lowest BCUT2D eigenvalue weighted by atomic mass is 10.1. The van der Waals surface area contributed by atoms with Crippen molar-refractivity contribution in [1.82, 2.24) is 10.6 Å². The van der Waals surface area contributed by atoms with Crippen LogP contribution in [-0.2, 0) is 13.0 Å². The molecule has 116 valence electrons. The maximum Gasteiger partial charge on any atom is 0.315 e. The molecule has 0 aromatic heterocycles. The number of amides is 2. The van der Waals surface area contributed by atoms with Crippen molar-refractivity contribution in [3.05, 3.63) is 70.7 Å². The van der Waals surface area contributed by atoms with Crippen molar-refractivity contribution >= 4 is 17.6 Å². The quantitative estimate of drug-likeness (QED) is 0.767. The number of carbonyl (C=O) groups is 1. The molecule has 0 spiro atoms. The smallest absolute Gasteiger partial charge is 0.315 e. The van der Waals surface area contributed by atoms with E-state index in [2.05, 4.69) is 10.6 Å². The third-order valence-corrected chi connectivity index (χ3v) is 3.58. The minimum Gasteiger partial charge on any atom is -0.391 e. The zero-order valence-corrected chi connectivity index (χ0v) is 12.9. The van der Waals surface area contributed by atoms with Gasteiger partial charge in [0, 0.05) is 24.5 Å². The van der Waals surface area contributed by atoms with E-state index >= 15 is 0 Å². The Morgan fingerprint density at radius 1 is 1.05 bits per heavy atom. The van der Waals surface area contributed by atoms with Crippen LogP contribution < -0.4 is 10.6 Å². The van der Waals surface area contributed by atoms with E-state index in [1.54, 1.807) is 6.07 Å². The Bertz CT molecular complexity index is 605. The standard InChI is InChI=1S/C17H19ClN2O2/c18-16-9-5-4-8-14(16)11-19-17(22)20-12-15(21)10-13-6-2-1-3-7-13/h1-9,15,21H,10-12H2,(H2,19,20,22). The molecular formula is C17H19ClN2O2. The van der Waals surface area contributed by atoms with Crippen LogP contribution in [0.5, 0.6) is 0 Å². The van der Waals surface area contributed by atoms with Gasteiger partial charge in [0.15, 0.2) is 0 Å². The zero-order chi connectivity index (χ0) is 15.8. The molecule has 0 aliphatic heterocycles. The molecule has 0 radical (unpaired) electrons. The third-order valence-electron chi connectivity index (χ3n) is 3.21. The fraction of sp³-hybridized carbons (Fsp3) is 0.235. The van der Waals surface area contributed by atoms with Gasteiger partial charge in [-0.15, -0.1) is 0 Å². The zero-order valence-electron chi connectivity index (χ0n) is 12.1. The van der Waals surface area contributed by atoms with Gasteiger partial charge >= 0.3 is 6.03 Å². The highest BCUT2D eigenvalue weighted by Crippen LogP contribution is 2.14. The molecule has 22 heavy (non-hydrogen) atoms. The van der Waals surface area contributed by atoms with Crippen molar-refractivity contribution in [2.45, 2.75) is 19.1 Å². The Kier molecular flexibility index (Phi) is 6.25. The van der Waals surface area contributed by atoms with Gasteiger partial charge < -0.3 is 15.7 Å². The van der Waals surface area contributed by atoms with Crippen LogP contribution in [-0.4, -0.2) is 23.8 Å². The van der Waals surface area contributed by atoms with E-state index in [0.29, 0.717) is 18.0 Å². The average Bonchev–Trinajstić information content (AvgIpc) is 2.53. The summed E-state index contributed by atoms with van der Waals surface area (Å²) in [6.45, 7) is 0.545. The lowest BCUT2D eigenvalue weighted by Crippen LogP contribution is -2.40. The van der Waals surface area contributed by atoms with Crippen LogP contribution in [0.15, 0.2) is 54.6 Å². The second-order valence-electron chi connectivity index (χ2n) is 5.00. The number of aliphatic hydroxyl groups is 1. The fourth-order valence-corrected chi connectivity index (χ4v) is 2.25. The molecule has 0 saturated heterocycles. The second kappa shape index (κ2) is 8.41. The van der Waals surface area contributed by atoms with Gasteiger partial charge in [0.25, 0.3) is 0 Å². The first-order valence-corrected chi connectivity index (χ1v) is 7.50. The summed E-state index contributed by atoms with van der Waals surface area (Å²) in [5, 5.41) is 15.9. The topological polar surface area (TPSA) is 61.4 Å². The molecule has 2 aromatic rings. The Morgan fingerprint density at radius 2 is 1.73 bits per heavy atom. The number of benzene rings is 2. The van der Waals surface area contributed by atoms with Gasteiger partial charge in [-0.2, -0.15) is 0 Å². The van der Waals surface area contributed by atoms with E-state index in [-0.39, 0.29) is 12.6 Å². The number of halogens is 1. The van der Waals surface area contributed by atoms with Crippen LogP contribution in [0.1, 0.15) is 11.1 Å². The monoisotopic (exact) mass is 318 g/mol. The molecule has 0 bridgehead atoms. The van der Waals surface area contributed by atoms with Crippen LogP contribution in [0.4, 0.5) is 4.79 Å². The SMILES string of the molecule is O=C(NCc1ccccc1Cl)NCC(O)Cc1ccccc1. The summed E-state index contributed by atoms with van der Waals surface area (Å²) in [6.07, 6.45) is -0.112. The minimum absolute atomic E-state index is 0.198. The van der Waals surface area contributed by atoms with E-state index in [1.807, 2.05) is 48.5 Å². The predicted molar refractivity (Wildman–Crippen MR) is 87.8 cm³/mol. The maximum absolute atomic E-state index is 11.7. The lowest BCUT2D eigenvalue weighted by molar-refractivity contribution is 0.170. The number of urea groups is 1.